The Morgan fingerprint density at radius 2 is 1.52 bits per heavy atom. The number of imide groups is 1. The predicted molar refractivity (Wildman–Crippen MR) is 75.5 cm³/mol. The highest BCUT2D eigenvalue weighted by atomic mass is 32.2. The average molecular weight is 302 g/mol. The summed E-state index contributed by atoms with van der Waals surface area (Å²) in [6.07, 6.45) is 0. The summed E-state index contributed by atoms with van der Waals surface area (Å²) in [5.74, 6) is -1.01. The maximum Gasteiger partial charge on any atom is 0.261 e. The van der Waals surface area contributed by atoms with Gasteiger partial charge >= 0.3 is 0 Å². The fourth-order valence-electron chi connectivity index (χ4n) is 2.05. The Morgan fingerprint density at radius 3 is 2.24 bits per heavy atom. The van der Waals surface area contributed by atoms with Crippen molar-refractivity contribution in [2.45, 2.75) is 4.90 Å². The smallest absolute Gasteiger partial charge is 0.261 e. The van der Waals surface area contributed by atoms with Crippen molar-refractivity contribution in [2.24, 2.45) is 0 Å². The van der Waals surface area contributed by atoms with E-state index in [0.29, 0.717) is 0 Å². The number of benzene rings is 2. The molecule has 1 aliphatic rings. The molecule has 0 unspecified atom stereocenters. The lowest BCUT2D eigenvalue weighted by Gasteiger charge is -2.08. The standard InChI is InChI=1S/C14H10N2O4S/c17-13-11-7-6-9(8-12(11)14(18)15-13)16-21(19,20)10-4-2-1-3-5-10/h1-8,16H,(H,15,17,18). The lowest BCUT2D eigenvalue weighted by Crippen LogP contribution is -2.19. The van der Waals surface area contributed by atoms with Crippen LogP contribution < -0.4 is 10.0 Å². The highest BCUT2D eigenvalue weighted by Gasteiger charge is 2.27. The number of anilines is 1. The molecule has 1 aliphatic heterocycles. The van der Waals surface area contributed by atoms with Crippen molar-refractivity contribution >= 4 is 27.5 Å². The van der Waals surface area contributed by atoms with Gasteiger partial charge < -0.3 is 0 Å². The summed E-state index contributed by atoms with van der Waals surface area (Å²) in [5, 5.41) is 2.15. The molecule has 0 saturated heterocycles. The molecule has 0 bridgehead atoms. The zero-order valence-electron chi connectivity index (χ0n) is 10.7. The minimum atomic E-state index is -3.73. The van der Waals surface area contributed by atoms with E-state index >= 15 is 0 Å². The third kappa shape index (κ3) is 2.38. The Bertz CT molecular complexity index is 845. The molecule has 0 atom stereocenters. The minimum absolute atomic E-state index is 0.117. The Morgan fingerprint density at radius 1 is 0.857 bits per heavy atom. The molecule has 21 heavy (non-hydrogen) atoms. The van der Waals surface area contributed by atoms with Gasteiger partial charge in [-0.2, -0.15) is 0 Å². The number of sulfonamides is 1. The summed E-state index contributed by atoms with van der Waals surface area (Å²) in [4.78, 5) is 23.1. The van der Waals surface area contributed by atoms with Crippen LogP contribution in [0.1, 0.15) is 20.7 Å². The summed E-state index contributed by atoms with van der Waals surface area (Å²) in [6.45, 7) is 0. The van der Waals surface area contributed by atoms with Crippen molar-refractivity contribution in [3.05, 3.63) is 59.7 Å². The summed E-state index contributed by atoms with van der Waals surface area (Å²) in [7, 11) is -3.73. The molecule has 0 radical (unpaired) electrons. The van der Waals surface area contributed by atoms with Gasteiger partial charge in [0.25, 0.3) is 21.8 Å². The van der Waals surface area contributed by atoms with Crippen molar-refractivity contribution in [2.75, 3.05) is 4.72 Å². The Balaban J connectivity index is 1.95. The molecule has 0 fully saturated rings. The van der Waals surface area contributed by atoms with Crippen LogP contribution in [0.5, 0.6) is 0 Å². The van der Waals surface area contributed by atoms with E-state index in [0.717, 1.165) is 0 Å². The first-order chi connectivity index (χ1) is 9.97. The molecular formula is C14H10N2O4S. The van der Waals surface area contributed by atoms with E-state index in [-0.39, 0.29) is 21.7 Å². The van der Waals surface area contributed by atoms with Crippen LogP contribution in [0, 0.1) is 0 Å². The monoisotopic (exact) mass is 302 g/mol. The maximum atomic E-state index is 12.2. The molecule has 0 aromatic heterocycles. The SMILES string of the molecule is O=C1NC(=O)c2cc(NS(=O)(=O)c3ccccc3)ccc21. The summed E-state index contributed by atoms with van der Waals surface area (Å²) < 4.78 is 26.7. The second kappa shape index (κ2) is 4.71. The van der Waals surface area contributed by atoms with Crippen LogP contribution in [0.2, 0.25) is 0 Å². The second-order valence-electron chi connectivity index (χ2n) is 4.46. The first-order valence-corrected chi connectivity index (χ1v) is 7.53. The zero-order valence-corrected chi connectivity index (χ0v) is 11.5. The van der Waals surface area contributed by atoms with Gasteiger partial charge in [0.2, 0.25) is 0 Å². The minimum Gasteiger partial charge on any atom is -0.288 e. The quantitative estimate of drug-likeness (QED) is 0.838. The van der Waals surface area contributed by atoms with Gasteiger partial charge in [-0.3, -0.25) is 19.6 Å². The molecule has 0 saturated carbocycles. The molecule has 0 aliphatic carbocycles. The molecule has 2 N–H and O–H groups in total. The Hall–Kier alpha value is -2.67. The van der Waals surface area contributed by atoms with Crippen LogP contribution in [-0.2, 0) is 10.0 Å². The number of carbonyl (C=O) groups excluding carboxylic acids is 2. The zero-order chi connectivity index (χ0) is 15.0. The molecule has 3 rings (SSSR count). The van der Waals surface area contributed by atoms with E-state index in [1.807, 2.05) is 0 Å². The van der Waals surface area contributed by atoms with Crippen LogP contribution in [0.4, 0.5) is 5.69 Å². The van der Waals surface area contributed by atoms with Crippen LogP contribution in [0.15, 0.2) is 53.4 Å². The molecule has 2 amide bonds. The lowest BCUT2D eigenvalue weighted by molar-refractivity contribution is 0.0879. The fraction of sp³-hybridized carbons (Fsp3) is 0. The molecule has 7 heteroatoms. The first kappa shape index (κ1) is 13.3. The lowest BCUT2D eigenvalue weighted by atomic mass is 10.1. The van der Waals surface area contributed by atoms with E-state index in [1.54, 1.807) is 18.2 Å². The van der Waals surface area contributed by atoms with Gasteiger partial charge in [-0.25, -0.2) is 8.42 Å². The first-order valence-electron chi connectivity index (χ1n) is 6.05. The summed E-state index contributed by atoms with van der Waals surface area (Å²) >= 11 is 0. The molecule has 6 nitrogen and oxygen atoms in total. The predicted octanol–water partition coefficient (Wildman–Crippen LogP) is 1.37. The Labute approximate surface area is 120 Å². The molecular weight excluding hydrogens is 292 g/mol. The highest BCUT2D eigenvalue weighted by Crippen LogP contribution is 2.22. The molecule has 2 aromatic rings. The summed E-state index contributed by atoms with van der Waals surface area (Å²) in [6, 6.07) is 12.1. The van der Waals surface area contributed by atoms with Crippen molar-refractivity contribution in [3.63, 3.8) is 0 Å². The van der Waals surface area contributed by atoms with Crippen molar-refractivity contribution < 1.29 is 18.0 Å². The van der Waals surface area contributed by atoms with Gasteiger partial charge in [0, 0.05) is 5.69 Å². The van der Waals surface area contributed by atoms with Gasteiger partial charge in [-0.05, 0) is 30.3 Å². The highest BCUT2D eigenvalue weighted by molar-refractivity contribution is 7.92. The topological polar surface area (TPSA) is 92.3 Å². The van der Waals surface area contributed by atoms with Gasteiger partial charge in [0.1, 0.15) is 0 Å². The van der Waals surface area contributed by atoms with Crippen molar-refractivity contribution in [1.29, 1.82) is 0 Å². The largest absolute Gasteiger partial charge is 0.288 e. The van der Waals surface area contributed by atoms with Crippen LogP contribution in [-0.4, -0.2) is 20.2 Å². The third-order valence-electron chi connectivity index (χ3n) is 3.04. The average Bonchev–Trinajstić information content (AvgIpc) is 2.74. The van der Waals surface area contributed by atoms with E-state index < -0.39 is 21.8 Å². The molecule has 106 valence electrons. The van der Waals surface area contributed by atoms with Crippen molar-refractivity contribution in [3.8, 4) is 0 Å². The normalized spacial score (nSPS) is 13.7. The van der Waals surface area contributed by atoms with Crippen LogP contribution >= 0.6 is 0 Å². The molecule has 1 heterocycles. The van der Waals surface area contributed by atoms with Gasteiger partial charge in [-0.1, -0.05) is 18.2 Å². The third-order valence-corrected chi connectivity index (χ3v) is 4.44. The Kier molecular flexibility index (Phi) is 2.99. The van der Waals surface area contributed by atoms with Gasteiger partial charge in [-0.15, -0.1) is 0 Å². The van der Waals surface area contributed by atoms with Crippen LogP contribution in [0.3, 0.4) is 0 Å². The second-order valence-corrected chi connectivity index (χ2v) is 6.14. The molecule has 2 aromatic carbocycles. The number of nitrogens with one attached hydrogen (secondary N) is 2. The van der Waals surface area contributed by atoms with Gasteiger partial charge in [0.05, 0.1) is 16.0 Å². The fourth-order valence-corrected chi connectivity index (χ4v) is 3.12. The summed E-state index contributed by atoms with van der Waals surface area (Å²) in [5.41, 5.74) is 0.623. The number of amides is 2. The molecule has 0 spiro atoms. The number of fused-ring (bicyclic) bond motifs is 1. The number of carbonyl (C=O) groups is 2. The number of hydrogen-bond acceptors (Lipinski definition) is 4. The van der Waals surface area contributed by atoms with Gasteiger partial charge in [0.15, 0.2) is 0 Å². The van der Waals surface area contributed by atoms with Crippen LogP contribution in [0.25, 0.3) is 0 Å². The maximum absolute atomic E-state index is 12.2. The number of hydrogen-bond donors (Lipinski definition) is 2. The van der Waals surface area contributed by atoms with E-state index in [2.05, 4.69) is 10.0 Å². The van der Waals surface area contributed by atoms with E-state index in [4.69, 9.17) is 0 Å². The number of rotatable bonds is 3. The van der Waals surface area contributed by atoms with E-state index in [1.165, 1.54) is 30.3 Å². The van der Waals surface area contributed by atoms with E-state index in [9.17, 15) is 18.0 Å². The van der Waals surface area contributed by atoms with Crippen molar-refractivity contribution in [1.82, 2.24) is 5.32 Å².